The average molecular weight is 288 g/mol. The number of benzene rings is 1. The summed E-state index contributed by atoms with van der Waals surface area (Å²) in [4.78, 5) is 13.8. The van der Waals surface area contributed by atoms with E-state index in [0.717, 1.165) is 11.3 Å². The standard InChI is InChI=1S/C15H20N4O2/c1-3-21-13-7-5-4-6-12(13)10-18(2)15(20)11-19-9-8-14(16)17-19/h4-9H,3,10-11H2,1-2H3,(H2,16,17). The van der Waals surface area contributed by atoms with Gasteiger partial charge in [-0.3, -0.25) is 9.48 Å². The van der Waals surface area contributed by atoms with Crippen molar-refractivity contribution in [1.82, 2.24) is 14.7 Å². The fraction of sp³-hybridized carbons (Fsp3) is 0.333. The van der Waals surface area contributed by atoms with Crippen LogP contribution in [-0.4, -0.2) is 34.2 Å². The first-order chi connectivity index (χ1) is 10.1. The van der Waals surface area contributed by atoms with Crippen LogP contribution in [0.2, 0.25) is 0 Å². The molecule has 21 heavy (non-hydrogen) atoms. The molecule has 2 N–H and O–H groups in total. The van der Waals surface area contributed by atoms with Gasteiger partial charge >= 0.3 is 0 Å². The highest BCUT2D eigenvalue weighted by Crippen LogP contribution is 2.19. The zero-order chi connectivity index (χ0) is 15.2. The second-order valence-corrected chi connectivity index (χ2v) is 4.73. The van der Waals surface area contributed by atoms with Crippen molar-refractivity contribution in [3.63, 3.8) is 0 Å². The highest BCUT2D eigenvalue weighted by atomic mass is 16.5. The van der Waals surface area contributed by atoms with Crippen LogP contribution in [0, 0.1) is 0 Å². The van der Waals surface area contributed by atoms with Crippen LogP contribution in [0.1, 0.15) is 12.5 Å². The van der Waals surface area contributed by atoms with E-state index in [9.17, 15) is 4.79 Å². The van der Waals surface area contributed by atoms with E-state index < -0.39 is 0 Å². The molecule has 0 aliphatic carbocycles. The molecule has 6 heteroatoms. The van der Waals surface area contributed by atoms with E-state index in [1.807, 2.05) is 31.2 Å². The Kier molecular flexibility index (Phi) is 4.81. The number of anilines is 1. The van der Waals surface area contributed by atoms with Gasteiger partial charge in [-0.15, -0.1) is 0 Å². The van der Waals surface area contributed by atoms with Crippen molar-refractivity contribution in [3.8, 4) is 5.75 Å². The molecule has 6 nitrogen and oxygen atoms in total. The van der Waals surface area contributed by atoms with Gasteiger partial charge in [-0.25, -0.2) is 0 Å². The number of carbonyl (C=O) groups is 1. The SMILES string of the molecule is CCOc1ccccc1CN(C)C(=O)Cn1ccc(N)n1. The number of ether oxygens (including phenoxy) is 1. The molecule has 1 aromatic heterocycles. The molecule has 0 saturated carbocycles. The Bertz CT molecular complexity index is 609. The van der Waals surface area contributed by atoms with Gasteiger partial charge < -0.3 is 15.4 Å². The zero-order valence-electron chi connectivity index (χ0n) is 12.3. The van der Waals surface area contributed by atoms with Crippen LogP contribution in [-0.2, 0) is 17.9 Å². The predicted octanol–water partition coefficient (Wildman–Crippen LogP) is 1.52. The van der Waals surface area contributed by atoms with Gasteiger partial charge in [0.05, 0.1) is 6.61 Å². The van der Waals surface area contributed by atoms with Crippen molar-refractivity contribution in [2.75, 3.05) is 19.4 Å². The van der Waals surface area contributed by atoms with Gasteiger partial charge in [0.25, 0.3) is 0 Å². The lowest BCUT2D eigenvalue weighted by molar-refractivity contribution is -0.131. The number of nitrogens with two attached hydrogens (primary N) is 1. The monoisotopic (exact) mass is 288 g/mol. The Hall–Kier alpha value is -2.50. The molecular formula is C15H20N4O2. The van der Waals surface area contributed by atoms with Gasteiger partial charge in [0, 0.05) is 25.4 Å². The molecule has 0 atom stereocenters. The summed E-state index contributed by atoms with van der Waals surface area (Å²) in [5.74, 6) is 1.18. The first-order valence-electron chi connectivity index (χ1n) is 6.83. The number of aromatic nitrogens is 2. The molecule has 0 saturated heterocycles. The van der Waals surface area contributed by atoms with Crippen molar-refractivity contribution in [3.05, 3.63) is 42.1 Å². The third-order valence-electron chi connectivity index (χ3n) is 3.06. The fourth-order valence-corrected chi connectivity index (χ4v) is 2.00. The minimum atomic E-state index is -0.0376. The van der Waals surface area contributed by atoms with Crippen LogP contribution < -0.4 is 10.5 Å². The lowest BCUT2D eigenvalue weighted by Gasteiger charge is -2.19. The molecule has 0 spiro atoms. The highest BCUT2D eigenvalue weighted by Gasteiger charge is 2.13. The van der Waals surface area contributed by atoms with Crippen molar-refractivity contribution in [2.24, 2.45) is 0 Å². The molecule has 1 heterocycles. The number of carbonyl (C=O) groups excluding carboxylic acids is 1. The number of nitrogen functional groups attached to an aromatic ring is 1. The van der Waals surface area contributed by atoms with Gasteiger partial charge in [0.15, 0.2) is 0 Å². The van der Waals surface area contributed by atoms with Crippen molar-refractivity contribution >= 4 is 11.7 Å². The Morgan fingerprint density at radius 2 is 2.14 bits per heavy atom. The molecule has 0 aliphatic rings. The van der Waals surface area contributed by atoms with Crippen LogP contribution in [0.15, 0.2) is 36.5 Å². The second-order valence-electron chi connectivity index (χ2n) is 4.73. The fourth-order valence-electron chi connectivity index (χ4n) is 2.00. The topological polar surface area (TPSA) is 73.4 Å². The molecule has 112 valence electrons. The third-order valence-corrected chi connectivity index (χ3v) is 3.06. The Morgan fingerprint density at radius 1 is 1.38 bits per heavy atom. The Balaban J connectivity index is 2.00. The van der Waals surface area contributed by atoms with Crippen LogP contribution >= 0.6 is 0 Å². The largest absolute Gasteiger partial charge is 0.494 e. The average Bonchev–Trinajstić information content (AvgIpc) is 2.86. The van der Waals surface area contributed by atoms with E-state index in [2.05, 4.69) is 5.10 Å². The van der Waals surface area contributed by atoms with Crippen LogP contribution in [0.25, 0.3) is 0 Å². The zero-order valence-corrected chi connectivity index (χ0v) is 12.3. The number of hydrogen-bond acceptors (Lipinski definition) is 4. The number of amides is 1. The number of para-hydroxylation sites is 1. The summed E-state index contributed by atoms with van der Waals surface area (Å²) in [5, 5.41) is 4.01. The maximum absolute atomic E-state index is 12.2. The summed E-state index contributed by atoms with van der Waals surface area (Å²) in [6.07, 6.45) is 1.69. The van der Waals surface area contributed by atoms with Gasteiger partial charge in [-0.2, -0.15) is 5.10 Å². The predicted molar refractivity (Wildman–Crippen MR) is 80.7 cm³/mol. The van der Waals surface area contributed by atoms with Crippen LogP contribution in [0.4, 0.5) is 5.82 Å². The summed E-state index contributed by atoms with van der Waals surface area (Å²) in [6, 6.07) is 9.39. The minimum absolute atomic E-state index is 0.0376. The highest BCUT2D eigenvalue weighted by molar-refractivity contribution is 5.75. The first-order valence-corrected chi connectivity index (χ1v) is 6.83. The summed E-state index contributed by atoms with van der Waals surface area (Å²) in [7, 11) is 1.76. The van der Waals surface area contributed by atoms with E-state index in [-0.39, 0.29) is 12.5 Å². The Morgan fingerprint density at radius 3 is 2.81 bits per heavy atom. The number of rotatable bonds is 6. The molecular weight excluding hydrogens is 268 g/mol. The van der Waals surface area contributed by atoms with Crippen LogP contribution in [0.5, 0.6) is 5.75 Å². The summed E-state index contributed by atoms with van der Waals surface area (Å²) in [6.45, 7) is 3.20. The second kappa shape index (κ2) is 6.78. The van der Waals surface area contributed by atoms with Gasteiger partial charge in [0.2, 0.25) is 5.91 Å². The molecule has 1 amide bonds. The maximum Gasteiger partial charge on any atom is 0.244 e. The lowest BCUT2D eigenvalue weighted by Crippen LogP contribution is -2.30. The van der Waals surface area contributed by atoms with E-state index in [0.29, 0.717) is 19.0 Å². The van der Waals surface area contributed by atoms with Gasteiger partial charge in [-0.05, 0) is 19.1 Å². The molecule has 1 aromatic carbocycles. The summed E-state index contributed by atoms with van der Waals surface area (Å²) in [5.41, 5.74) is 6.52. The maximum atomic E-state index is 12.2. The number of hydrogen-bond donors (Lipinski definition) is 1. The molecule has 0 aliphatic heterocycles. The Labute approximate surface area is 124 Å². The molecule has 0 unspecified atom stereocenters. The van der Waals surface area contributed by atoms with Crippen molar-refractivity contribution in [2.45, 2.75) is 20.0 Å². The number of likely N-dealkylation sites (N-methyl/N-ethyl adjacent to an activating group) is 1. The van der Waals surface area contributed by atoms with E-state index in [4.69, 9.17) is 10.5 Å². The first kappa shape index (κ1) is 14.9. The van der Waals surface area contributed by atoms with Gasteiger partial charge in [-0.1, -0.05) is 18.2 Å². The summed E-state index contributed by atoms with van der Waals surface area (Å²) < 4.78 is 7.10. The smallest absolute Gasteiger partial charge is 0.244 e. The molecule has 2 rings (SSSR count). The van der Waals surface area contributed by atoms with Crippen molar-refractivity contribution in [1.29, 1.82) is 0 Å². The molecule has 2 aromatic rings. The molecule has 0 bridgehead atoms. The third kappa shape index (κ3) is 3.98. The lowest BCUT2D eigenvalue weighted by atomic mass is 10.2. The number of nitrogens with zero attached hydrogens (tertiary/aromatic N) is 3. The van der Waals surface area contributed by atoms with Gasteiger partial charge in [0.1, 0.15) is 18.1 Å². The van der Waals surface area contributed by atoms with Crippen LogP contribution in [0.3, 0.4) is 0 Å². The summed E-state index contributed by atoms with van der Waals surface area (Å²) >= 11 is 0. The molecule has 0 radical (unpaired) electrons. The van der Waals surface area contributed by atoms with E-state index in [1.54, 1.807) is 24.2 Å². The quantitative estimate of drug-likeness (QED) is 0.874. The van der Waals surface area contributed by atoms with Crippen molar-refractivity contribution < 1.29 is 9.53 Å². The molecule has 0 fully saturated rings. The normalized spacial score (nSPS) is 10.4. The van der Waals surface area contributed by atoms with E-state index in [1.165, 1.54) is 4.68 Å². The van der Waals surface area contributed by atoms with E-state index >= 15 is 0 Å². The minimum Gasteiger partial charge on any atom is -0.494 e.